The van der Waals surface area contributed by atoms with Gasteiger partial charge in [-0.05, 0) is 30.2 Å². The molecule has 1 aliphatic heterocycles. The number of fused-ring (bicyclic) bond motifs is 2. The maximum atomic E-state index is 14.0. The first-order valence-electron chi connectivity index (χ1n) is 10.3. The molecule has 0 aliphatic carbocycles. The van der Waals surface area contributed by atoms with Crippen LogP contribution in [0, 0.1) is 5.82 Å². The summed E-state index contributed by atoms with van der Waals surface area (Å²) in [6.07, 6.45) is -2.57. The molecule has 4 heterocycles. The first kappa shape index (κ1) is 21.5. The lowest BCUT2D eigenvalue weighted by molar-refractivity contribution is -0.183. The molecule has 2 atom stereocenters. The van der Waals surface area contributed by atoms with Gasteiger partial charge in [-0.2, -0.15) is 13.2 Å². The van der Waals surface area contributed by atoms with E-state index in [1.165, 1.54) is 46.9 Å². The number of ether oxygens (including phenoxy) is 1. The number of nitrogens with two attached hydrogens (primary N) is 1. The Balaban J connectivity index is 1.60. The Labute approximate surface area is 185 Å². The molecule has 11 heteroatoms. The van der Waals surface area contributed by atoms with E-state index in [2.05, 4.69) is 15.2 Å². The summed E-state index contributed by atoms with van der Waals surface area (Å²) in [6.45, 7) is 0.435. The van der Waals surface area contributed by atoms with Gasteiger partial charge in [-0.15, -0.1) is 10.2 Å². The van der Waals surface area contributed by atoms with Crippen LogP contribution in [-0.4, -0.2) is 56.9 Å². The lowest BCUT2D eigenvalue weighted by atomic mass is 10.1. The third-order valence-corrected chi connectivity index (χ3v) is 5.86. The molecule has 0 bridgehead atoms. The van der Waals surface area contributed by atoms with Gasteiger partial charge < -0.3 is 10.5 Å². The second-order valence-corrected chi connectivity index (χ2v) is 8.08. The van der Waals surface area contributed by atoms with Gasteiger partial charge in [0.25, 0.3) is 0 Å². The van der Waals surface area contributed by atoms with Gasteiger partial charge in [0.05, 0.1) is 12.6 Å². The van der Waals surface area contributed by atoms with E-state index in [4.69, 9.17) is 10.5 Å². The Morgan fingerprint density at radius 3 is 2.67 bits per heavy atom. The normalized spacial score (nSPS) is 18.3. The number of nitrogens with zero attached hydrogens (tertiary/aromatic N) is 5. The molecule has 5 rings (SSSR count). The van der Waals surface area contributed by atoms with E-state index in [1.54, 1.807) is 12.1 Å². The minimum absolute atomic E-state index is 0.0392. The van der Waals surface area contributed by atoms with Crippen molar-refractivity contribution in [1.82, 2.24) is 24.5 Å². The van der Waals surface area contributed by atoms with Crippen molar-refractivity contribution in [2.45, 2.75) is 24.7 Å². The predicted octanol–water partition coefficient (Wildman–Crippen LogP) is 3.73. The third kappa shape index (κ3) is 3.87. The van der Waals surface area contributed by atoms with E-state index < -0.39 is 18.0 Å². The second-order valence-electron chi connectivity index (χ2n) is 8.08. The average molecular weight is 460 g/mol. The van der Waals surface area contributed by atoms with Crippen LogP contribution in [0.1, 0.15) is 18.0 Å². The number of alkyl halides is 3. The van der Waals surface area contributed by atoms with Crippen LogP contribution in [-0.2, 0) is 0 Å². The lowest BCUT2D eigenvalue weighted by Gasteiger charge is -2.30. The highest BCUT2D eigenvalue weighted by atomic mass is 19.4. The van der Waals surface area contributed by atoms with Crippen molar-refractivity contribution in [1.29, 1.82) is 0 Å². The summed E-state index contributed by atoms with van der Waals surface area (Å²) in [6, 6.07) is 6.89. The molecular formula is C22H20F4N6O. The Morgan fingerprint density at radius 2 is 1.97 bits per heavy atom. The molecule has 3 aromatic heterocycles. The number of likely N-dealkylation sites (tertiary alicyclic amines) is 1. The van der Waals surface area contributed by atoms with Crippen LogP contribution < -0.4 is 10.5 Å². The van der Waals surface area contributed by atoms with Gasteiger partial charge >= 0.3 is 6.18 Å². The van der Waals surface area contributed by atoms with Crippen molar-refractivity contribution in [2.24, 2.45) is 5.73 Å². The molecule has 7 nitrogen and oxygen atoms in total. The van der Waals surface area contributed by atoms with Crippen molar-refractivity contribution in [3.05, 3.63) is 54.0 Å². The molecule has 0 spiro atoms. The van der Waals surface area contributed by atoms with Crippen LogP contribution in [0.4, 0.5) is 17.6 Å². The number of aromatic nitrogens is 4. The molecule has 1 fully saturated rings. The third-order valence-electron chi connectivity index (χ3n) is 5.86. The zero-order chi connectivity index (χ0) is 23.3. The van der Waals surface area contributed by atoms with Crippen LogP contribution >= 0.6 is 0 Å². The van der Waals surface area contributed by atoms with Crippen LogP contribution in [0.3, 0.4) is 0 Å². The SMILES string of the molecule is COc1cc2nc(-c3nnc4ccc([C@H](N5CCC(N)C5)C(F)(F)F)cn34)ccc2cc1F. The molecule has 0 saturated carbocycles. The highest BCUT2D eigenvalue weighted by Crippen LogP contribution is 2.39. The van der Waals surface area contributed by atoms with Crippen molar-refractivity contribution >= 4 is 16.6 Å². The van der Waals surface area contributed by atoms with Gasteiger partial charge in [0, 0.05) is 36.8 Å². The molecule has 1 unspecified atom stereocenters. The van der Waals surface area contributed by atoms with Crippen LogP contribution in [0.2, 0.25) is 0 Å². The van der Waals surface area contributed by atoms with E-state index in [9.17, 15) is 17.6 Å². The number of benzene rings is 1. The van der Waals surface area contributed by atoms with Crippen LogP contribution in [0.5, 0.6) is 5.75 Å². The Bertz CT molecular complexity index is 1340. The molecule has 33 heavy (non-hydrogen) atoms. The summed E-state index contributed by atoms with van der Waals surface area (Å²) in [7, 11) is 1.35. The Hall–Kier alpha value is -3.31. The smallest absolute Gasteiger partial charge is 0.408 e. The van der Waals surface area contributed by atoms with Crippen molar-refractivity contribution in [2.75, 3.05) is 20.2 Å². The molecular weight excluding hydrogens is 440 g/mol. The maximum absolute atomic E-state index is 14.0. The average Bonchev–Trinajstić information content (AvgIpc) is 3.38. The van der Waals surface area contributed by atoms with Gasteiger partial charge in [0.1, 0.15) is 11.7 Å². The zero-order valence-electron chi connectivity index (χ0n) is 17.6. The van der Waals surface area contributed by atoms with Crippen molar-refractivity contribution in [3.63, 3.8) is 0 Å². The molecule has 1 aromatic carbocycles. The highest BCUT2D eigenvalue weighted by Gasteiger charge is 2.46. The summed E-state index contributed by atoms with van der Waals surface area (Å²) in [4.78, 5) is 5.86. The van der Waals surface area contributed by atoms with E-state index in [0.717, 1.165) is 0 Å². The fourth-order valence-electron chi connectivity index (χ4n) is 4.31. The molecule has 0 amide bonds. The van der Waals surface area contributed by atoms with E-state index in [1.807, 2.05) is 0 Å². The summed E-state index contributed by atoms with van der Waals surface area (Å²) in [5.74, 6) is -0.203. The van der Waals surface area contributed by atoms with Crippen LogP contribution in [0.25, 0.3) is 28.1 Å². The van der Waals surface area contributed by atoms with Gasteiger partial charge in [0.2, 0.25) is 0 Å². The molecule has 4 aromatic rings. The van der Waals surface area contributed by atoms with E-state index in [-0.39, 0.29) is 36.3 Å². The first-order valence-corrected chi connectivity index (χ1v) is 10.3. The molecule has 0 radical (unpaired) electrons. The topological polar surface area (TPSA) is 81.6 Å². The van der Waals surface area contributed by atoms with Gasteiger partial charge in [0.15, 0.2) is 23.0 Å². The van der Waals surface area contributed by atoms with E-state index >= 15 is 0 Å². The predicted molar refractivity (Wildman–Crippen MR) is 113 cm³/mol. The second kappa shape index (κ2) is 7.92. The molecule has 172 valence electrons. The summed E-state index contributed by atoms with van der Waals surface area (Å²) < 4.78 is 62.6. The maximum Gasteiger partial charge on any atom is 0.408 e. The monoisotopic (exact) mass is 460 g/mol. The van der Waals surface area contributed by atoms with Gasteiger partial charge in [-0.3, -0.25) is 9.30 Å². The number of rotatable bonds is 4. The number of hydrogen-bond acceptors (Lipinski definition) is 6. The molecule has 1 aliphatic rings. The van der Waals surface area contributed by atoms with Crippen LogP contribution in [0.15, 0.2) is 42.6 Å². The number of halogens is 4. The molecule has 2 N–H and O–H groups in total. The number of methoxy groups -OCH3 is 1. The zero-order valence-corrected chi connectivity index (χ0v) is 17.6. The fourth-order valence-corrected chi connectivity index (χ4v) is 4.31. The van der Waals surface area contributed by atoms with E-state index in [0.29, 0.717) is 28.7 Å². The summed E-state index contributed by atoms with van der Waals surface area (Å²) in [5, 5.41) is 8.75. The number of pyridine rings is 2. The lowest BCUT2D eigenvalue weighted by Crippen LogP contribution is -2.38. The quantitative estimate of drug-likeness (QED) is 0.468. The highest BCUT2D eigenvalue weighted by molar-refractivity contribution is 5.82. The summed E-state index contributed by atoms with van der Waals surface area (Å²) in [5.41, 5.74) is 7.14. The number of hydrogen-bond donors (Lipinski definition) is 1. The standard InChI is InChI=1S/C22H20F4N6O/c1-33-18-9-17-12(8-15(18)23)2-4-16(28-17)21-30-29-19-5-3-13(10-32(19)21)20(22(24,25)26)31-7-6-14(27)11-31/h2-5,8-10,14,20H,6-7,11,27H2,1H3/t14?,20-/m0/s1. The largest absolute Gasteiger partial charge is 0.494 e. The Morgan fingerprint density at radius 1 is 1.15 bits per heavy atom. The minimum Gasteiger partial charge on any atom is -0.494 e. The first-order chi connectivity index (χ1) is 15.7. The minimum atomic E-state index is -4.48. The van der Waals surface area contributed by atoms with Gasteiger partial charge in [-0.25, -0.2) is 9.37 Å². The van der Waals surface area contributed by atoms with Gasteiger partial charge in [-0.1, -0.05) is 12.1 Å². The van der Waals surface area contributed by atoms with Crippen molar-refractivity contribution < 1.29 is 22.3 Å². The summed E-state index contributed by atoms with van der Waals surface area (Å²) >= 11 is 0. The molecule has 1 saturated heterocycles. The Kier molecular flexibility index (Phi) is 5.17. The fraction of sp³-hybridized carbons (Fsp3) is 0.318. The van der Waals surface area contributed by atoms with Crippen molar-refractivity contribution in [3.8, 4) is 17.3 Å².